The van der Waals surface area contributed by atoms with Gasteiger partial charge in [-0.05, 0) is 17.7 Å². The van der Waals surface area contributed by atoms with Gasteiger partial charge in [0.1, 0.15) is 5.82 Å². The maximum absolute atomic E-state index is 5.32. The first kappa shape index (κ1) is 15.9. The molecule has 1 aromatic carbocycles. The van der Waals surface area contributed by atoms with Crippen molar-refractivity contribution in [3.05, 3.63) is 66.1 Å². The second-order valence-corrected chi connectivity index (χ2v) is 5.74. The number of nitrogens with one attached hydrogen (secondary N) is 1. The fraction of sp³-hybridized carbons (Fsp3) is 0.211. The molecule has 0 spiro atoms. The molecular weight excluding hydrogens is 300 g/mol. The molecule has 0 saturated heterocycles. The summed E-state index contributed by atoms with van der Waals surface area (Å²) < 4.78 is 5.32. The summed E-state index contributed by atoms with van der Waals surface area (Å²) >= 11 is 0. The number of anilines is 1. The number of pyridine rings is 1. The van der Waals surface area contributed by atoms with Crippen LogP contribution >= 0.6 is 0 Å². The molecule has 5 nitrogen and oxygen atoms in total. The third-order valence-electron chi connectivity index (χ3n) is 3.48. The number of nitrogens with zero attached hydrogens (tertiary/aromatic N) is 3. The first-order valence-corrected chi connectivity index (χ1v) is 7.98. The Morgan fingerprint density at radius 2 is 2.00 bits per heavy atom. The van der Waals surface area contributed by atoms with Crippen molar-refractivity contribution in [1.29, 1.82) is 0 Å². The van der Waals surface area contributed by atoms with E-state index in [1.165, 1.54) is 5.56 Å². The first-order valence-electron chi connectivity index (χ1n) is 7.98. The van der Waals surface area contributed by atoms with Crippen LogP contribution in [-0.2, 0) is 0 Å². The summed E-state index contributed by atoms with van der Waals surface area (Å²) in [4.78, 5) is 8.73. The topological polar surface area (TPSA) is 63.8 Å². The lowest BCUT2D eigenvalue weighted by atomic mass is 10.2. The largest absolute Gasteiger partial charge is 0.367 e. The minimum absolute atomic E-state index is 0.241. The van der Waals surface area contributed by atoms with Crippen molar-refractivity contribution in [1.82, 2.24) is 15.1 Å². The molecule has 2 aromatic heterocycles. The van der Waals surface area contributed by atoms with Gasteiger partial charge in [0.2, 0.25) is 0 Å². The second-order valence-electron chi connectivity index (χ2n) is 5.74. The van der Waals surface area contributed by atoms with E-state index in [0.29, 0.717) is 18.3 Å². The molecule has 0 aliphatic rings. The molecule has 1 N–H and O–H groups in total. The van der Waals surface area contributed by atoms with Crippen LogP contribution < -0.4 is 5.32 Å². The molecule has 2 heterocycles. The van der Waals surface area contributed by atoms with Crippen molar-refractivity contribution in [2.45, 2.75) is 19.8 Å². The van der Waals surface area contributed by atoms with Gasteiger partial charge in [-0.15, -0.1) is 0 Å². The Labute approximate surface area is 141 Å². The lowest BCUT2D eigenvalue weighted by Crippen LogP contribution is -2.00. The summed E-state index contributed by atoms with van der Waals surface area (Å²) in [6.07, 6.45) is 5.87. The Balaban J connectivity index is 1.63. The summed E-state index contributed by atoms with van der Waals surface area (Å²) in [7, 11) is 0. The Kier molecular flexibility index (Phi) is 5.01. The highest BCUT2D eigenvalue weighted by Gasteiger charge is 2.11. The standard InChI is InChI=1S/C19H20N4O/c1-14(2)18-22-19(24-23-18)16-10-12-21-17(13-16)20-11-6-9-15-7-4-3-5-8-15/h3-10,12-14H,11H2,1-2H3,(H,20,21)/b9-6+. The monoisotopic (exact) mass is 320 g/mol. The minimum atomic E-state index is 0.241. The fourth-order valence-electron chi connectivity index (χ4n) is 2.17. The molecule has 0 fully saturated rings. The normalized spacial score (nSPS) is 11.3. The van der Waals surface area contributed by atoms with Crippen LogP contribution in [0, 0.1) is 0 Å². The van der Waals surface area contributed by atoms with E-state index in [1.54, 1.807) is 6.20 Å². The number of hydrogen-bond acceptors (Lipinski definition) is 5. The molecule has 3 rings (SSSR count). The molecule has 0 unspecified atom stereocenters. The molecule has 0 amide bonds. The molecule has 3 aromatic rings. The highest BCUT2D eigenvalue weighted by molar-refractivity contribution is 5.58. The maximum Gasteiger partial charge on any atom is 0.258 e. The molecule has 0 aliphatic carbocycles. The Morgan fingerprint density at radius 3 is 2.75 bits per heavy atom. The number of benzene rings is 1. The summed E-state index contributed by atoms with van der Waals surface area (Å²) in [6, 6.07) is 14.0. The molecule has 0 saturated carbocycles. The zero-order valence-corrected chi connectivity index (χ0v) is 13.8. The third-order valence-corrected chi connectivity index (χ3v) is 3.48. The zero-order chi connectivity index (χ0) is 16.8. The third kappa shape index (κ3) is 4.07. The Hall–Kier alpha value is -2.95. The molecular formula is C19H20N4O. The molecule has 0 aliphatic heterocycles. The fourth-order valence-corrected chi connectivity index (χ4v) is 2.17. The van der Waals surface area contributed by atoms with Gasteiger partial charge in [-0.25, -0.2) is 4.98 Å². The van der Waals surface area contributed by atoms with Crippen molar-refractivity contribution in [3.8, 4) is 11.5 Å². The highest BCUT2D eigenvalue weighted by Crippen LogP contribution is 2.21. The predicted octanol–water partition coefficient (Wildman–Crippen LogP) is 4.38. The van der Waals surface area contributed by atoms with E-state index in [9.17, 15) is 0 Å². The van der Waals surface area contributed by atoms with E-state index in [4.69, 9.17) is 4.52 Å². The van der Waals surface area contributed by atoms with Gasteiger partial charge >= 0.3 is 0 Å². The van der Waals surface area contributed by atoms with Gasteiger partial charge in [0.25, 0.3) is 5.89 Å². The van der Waals surface area contributed by atoms with Crippen LogP contribution in [0.2, 0.25) is 0 Å². The van der Waals surface area contributed by atoms with Gasteiger partial charge in [0.05, 0.1) is 0 Å². The van der Waals surface area contributed by atoms with Crippen molar-refractivity contribution >= 4 is 11.9 Å². The van der Waals surface area contributed by atoms with Crippen LogP contribution in [0.25, 0.3) is 17.5 Å². The zero-order valence-electron chi connectivity index (χ0n) is 13.8. The lowest BCUT2D eigenvalue weighted by Gasteiger charge is -2.03. The van der Waals surface area contributed by atoms with Gasteiger partial charge in [-0.3, -0.25) is 0 Å². The summed E-state index contributed by atoms with van der Waals surface area (Å²) in [5.74, 6) is 2.24. The van der Waals surface area contributed by atoms with Crippen LogP contribution in [0.4, 0.5) is 5.82 Å². The number of rotatable bonds is 6. The van der Waals surface area contributed by atoms with Gasteiger partial charge in [0.15, 0.2) is 5.82 Å². The second kappa shape index (κ2) is 7.55. The van der Waals surface area contributed by atoms with E-state index in [1.807, 2.05) is 44.2 Å². The smallest absolute Gasteiger partial charge is 0.258 e. The molecule has 24 heavy (non-hydrogen) atoms. The number of aromatic nitrogens is 3. The minimum Gasteiger partial charge on any atom is -0.367 e. The van der Waals surface area contributed by atoms with Gasteiger partial charge < -0.3 is 9.84 Å². The average Bonchev–Trinajstić information content (AvgIpc) is 3.10. The van der Waals surface area contributed by atoms with Crippen molar-refractivity contribution in [2.24, 2.45) is 0 Å². The first-order chi connectivity index (χ1) is 11.7. The van der Waals surface area contributed by atoms with Crippen molar-refractivity contribution in [2.75, 3.05) is 11.9 Å². The summed E-state index contributed by atoms with van der Waals surface area (Å²) in [6.45, 7) is 4.76. The van der Waals surface area contributed by atoms with Crippen molar-refractivity contribution in [3.63, 3.8) is 0 Å². The van der Waals surface area contributed by atoms with Crippen LogP contribution in [0.1, 0.15) is 31.2 Å². The molecule has 0 atom stereocenters. The van der Waals surface area contributed by atoms with E-state index in [2.05, 4.69) is 44.7 Å². The highest BCUT2D eigenvalue weighted by atomic mass is 16.5. The molecule has 122 valence electrons. The number of hydrogen-bond donors (Lipinski definition) is 1. The van der Waals surface area contributed by atoms with Crippen molar-refractivity contribution < 1.29 is 4.52 Å². The molecule has 0 radical (unpaired) electrons. The van der Waals surface area contributed by atoms with Crippen LogP contribution in [0.5, 0.6) is 0 Å². The van der Waals surface area contributed by atoms with E-state index < -0.39 is 0 Å². The predicted molar refractivity (Wildman–Crippen MR) is 95.6 cm³/mol. The van der Waals surface area contributed by atoms with Gasteiger partial charge in [-0.2, -0.15) is 4.98 Å². The van der Waals surface area contributed by atoms with Gasteiger partial charge in [-0.1, -0.05) is 61.5 Å². The van der Waals surface area contributed by atoms with Crippen LogP contribution in [-0.4, -0.2) is 21.7 Å². The quantitative estimate of drug-likeness (QED) is 0.730. The lowest BCUT2D eigenvalue weighted by molar-refractivity contribution is 0.419. The molecule has 0 bridgehead atoms. The summed E-state index contributed by atoms with van der Waals surface area (Å²) in [5, 5.41) is 7.26. The Morgan fingerprint density at radius 1 is 1.17 bits per heavy atom. The summed E-state index contributed by atoms with van der Waals surface area (Å²) in [5.41, 5.74) is 2.03. The Bertz CT molecular complexity index is 809. The van der Waals surface area contributed by atoms with Gasteiger partial charge in [0, 0.05) is 24.2 Å². The molecule has 5 heteroatoms. The van der Waals surface area contributed by atoms with E-state index in [0.717, 1.165) is 11.4 Å². The van der Waals surface area contributed by atoms with E-state index in [-0.39, 0.29) is 5.92 Å². The van der Waals surface area contributed by atoms with Crippen LogP contribution in [0.3, 0.4) is 0 Å². The maximum atomic E-state index is 5.32. The van der Waals surface area contributed by atoms with Crippen LogP contribution in [0.15, 0.2) is 59.3 Å². The van der Waals surface area contributed by atoms with E-state index >= 15 is 0 Å². The average molecular weight is 320 g/mol. The SMILES string of the molecule is CC(C)c1noc(-c2ccnc(NC/C=C/c3ccccc3)c2)n1.